The van der Waals surface area contributed by atoms with Gasteiger partial charge in [0.2, 0.25) is 0 Å². The predicted molar refractivity (Wildman–Crippen MR) is 75.9 cm³/mol. The predicted octanol–water partition coefficient (Wildman–Crippen LogP) is -0.600. The van der Waals surface area contributed by atoms with Crippen LogP contribution >= 0.6 is 11.6 Å². The van der Waals surface area contributed by atoms with Gasteiger partial charge in [-0.25, -0.2) is 5.43 Å². The second-order valence-electron chi connectivity index (χ2n) is 3.72. The number of amides is 3. The molecule has 4 N–H and O–H groups in total. The largest absolute Gasteiger partial charge is 0.482 e. The normalized spacial score (nSPS) is 10.2. The first-order chi connectivity index (χ1) is 9.93. The third kappa shape index (κ3) is 5.49. The van der Waals surface area contributed by atoms with Crippen LogP contribution in [0, 0.1) is 0 Å². The zero-order valence-electron chi connectivity index (χ0n) is 11.1. The molecule has 0 unspecified atom stereocenters. The zero-order valence-corrected chi connectivity index (χ0v) is 11.8. The summed E-state index contributed by atoms with van der Waals surface area (Å²) in [6.07, 6.45) is 1.30. The summed E-state index contributed by atoms with van der Waals surface area (Å²) < 4.78 is 5.07. The van der Waals surface area contributed by atoms with Crippen molar-refractivity contribution in [2.75, 3.05) is 13.7 Å². The Hall–Kier alpha value is -2.61. The number of hydrogen-bond acceptors (Lipinski definition) is 5. The molecule has 0 bridgehead atoms. The monoisotopic (exact) mass is 312 g/mol. The van der Waals surface area contributed by atoms with Crippen LogP contribution in [-0.4, -0.2) is 37.6 Å². The number of ether oxygens (including phenoxy) is 1. The van der Waals surface area contributed by atoms with Crippen LogP contribution < -0.4 is 21.2 Å². The molecular weight excluding hydrogens is 300 g/mol. The Kier molecular flexibility index (Phi) is 6.15. The van der Waals surface area contributed by atoms with Crippen molar-refractivity contribution in [3.63, 3.8) is 0 Å². The lowest BCUT2D eigenvalue weighted by molar-refractivity contribution is -0.138. The molecule has 21 heavy (non-hydrogen) atoms. The number of carbonyl (C=O) groups excluding carboxylic acids is 3. The quantitative estimate of drug-likeness (QED) is 0.381. The molecule has 0 atom stereocenters. The van der Waals surface area contributed by atoms with Crippen LogP contribution in [0.3, 0.4) is 0 Å². The number of carbonyl (C=O) groups is 3. The van der Waals surface area contributed by atoms with Gasteiger partial charge >= 0.3 is 11.8 Å². The number of likely N-dealkylation sites (N-methyl/N-ethyl adjacent to an activating group) is 1. The molecule has 8 nitrogen and oxygen atoms in total. The lowest BCUT2D eigenvalue weighted by Crippen LogP contribution is -2.35. The molecule has 0 saturated carbocycles. The molecule has 0 aliphatic heterocycles. The van der Waals surface area contributed by atoms with Crippen molar-refractivity contribution in [2.45, 2.75) is 0 Å². The summed E-state index contributed by atoms with van der Waals surface area (Å²) in [5.74, 6) is -2.02. The van der Waals surface area contributed by atoms with Crippen molar-refractivity contribution in [3.05, 3.63) is 28.8 Å². The summed E-state index contributed by atoms with van der Waals surface area (Å²) in [5.41, 5.74) is 7.55. The number of halogens is 1. The Morgan fingerprint density at radius 3 is 2.67 bits per heavy atom. The topological polar surface area (TPSA) is 123 Å². The molecule has 0 aliphatic carbocycles. The average molecular weight is 313 g/mol. The molecule has 0 aromatic heterocycles. The number of hydrazone groups is 1. The van der Waals surface area contributed by atoms with Crippen LogP contribution in [0.2, 0.25) is 5.02 Å². The van der Waals surface area contributed by atoms with E-state index in [0.717, 1.165) is 0 Å². The van der Waals surface area contributed by atoms with Crippen molar-refractivity contribution < 1.29 is 19.1 Å². The third-order valence-corrected chi connectivity index (χ3v) is 2.43. The lowest BCUT2D eigenvalue weighted by atomic mass is 10.2. The zero-order chi connectivity index (χ0) is 15.8. The maximum absolute atomic E-state index is 11.1. The van der Waals surface area contributed by atoms with Crippen molar-refractivity contribution in [1.82, 2.24) is 10.7 Å². The van der Waals surface area contributed by atoms with E-state index in [1.54, 1.807) is 6.07 Å². The smallest absolute Gasteiger partial charge is 0.329 e. The van der Waals surface area contributed by atoms with Crippen molar-refractivity contribution in [1.29, 1.82) is 0 Å². The van der Waals surface area contributed by atoms with Gasteiger partial charge in [-0.3, -0.25) is 14.4 Å². The molecule has 9 heteroatoms. The number of nitrogens with two attached hydrogens (primary N) is 1. The Labute approximate surface area is 125 Å². The highest BCUT2D eigenvalue weighted by atomic mass is 35.5. The summed E-state index contributed by atoms with van der Waals surface area (Å²) in [5, 5.41) is 6.00. The van der Waals surface area contributed by atoms with Gasteiger partial charge in [-0.1, -0.05) is 11.6 Å². The van der Waals surface area contributed by atoms with E-state index < -0.39 is 17.7 Å². The Morgan fingerprint density at radius 1 is 1.38 bits per heavy atom. The van der Waals surface area contributed by atoms with E-state index in [1.165, 1.54) is 25.4 Å². The molecule has 0 fully saturated rings. The van der Waals surface area contributed by atoms with Gasteiger partial charge in [0.25, 0.3) is 5.91 Å². The fourth-order valence-electron chi connectivity index (χ4n) is 1.19. The first-order valence-electron chi connectivity index (χ1n) is 5.69. The van der Waals surface area contributed by atoms with Crippen LogP contribution in [0.1, 0.15) is 5.56 Å². The maximum atomic E-state index is 11.1. The fraction of sp³-hybridized carbons (Fsp3) is 0.167. The van der Waals surface area contributed by atoms with E-state index >= 15 is 0 Å². The standard InChI is InChI=1S/C12H13ClN4O4/c1-15-11(19)12(20)17-16-5-7-2-3-9(8(13)4-7)21-6-10(14)18/h2-5H,6H2,1H3,(H2,14,18)(H,15,19)(H,17,20)/b16-5-. The van der Waals surface area contributed by atoms with E-state index in [-0.39, 0.29) is 11.6 Å². The minimum absolute atomic E-state index is 0.248. The number of nitrogens with zero attached hydrogens (tertiary/aromatic N) is 1. The van der Waals surface area contributed by atoms with Crippen molar-refractivity contribution in [2.24, 2.45) is 10.8 Å². The van der Waals surface area contributed by atoms with Gasteiger partial charge in [0.1, 0.15) is 5.75 Å². The van der Waals surface area contributed by atoms with Crippen molar-refractivity contribution in [3.8, 4) is 5.75 Å². The molecule has 1 aromatic rings. The van der Waals surface area contributed by atoms with Gasteiger partial charge in [0.05, 0.1) is 11.2 Å². The van der Waals surface area contributed by atoms with Gasteiger partial charge < -0.3 is 15.8 Å². The summed E-state index contributed by atoms with van der Waals surface area (Å²) >= 11 is 5.94. The summed E-state index contributed by atoms with van der Waals surface area (Å²) in [7, 11) is 1.33. The lowest BCUT2D eigenvalue weighted by Gasteiger charge is -2.06. The van der Waals surface area contributed by atoms with Crippen LogP contribution in [0.25, 0.3) is 0 Å². The van der Waals surface area contributed by atoms with E-state index in [2.05, 4.69) is 10.4 Å². The summed E-state index contributed by atoms with van der Waals surface area (Å²) in [6, 6.07) is 4.62. The van der Waals surface area contributed by atoms with E-state index in [9.17, 15) is 14.4 Å². The average Bonchev–Trinajstić information content (AvgIpc) is 2.45. The molecule has 0 saturated heterocycles. The minimum Gasteiger partial charge on any atom is -0.482 e. The van der Waals surface area contributed by atoms with Gasteiger partial charge in [-0.05, 0) is 23.8 Å². The van der Waals surface area contributed by atoms with Crippen LogP contribution in [0.15, 0.2) is 23.3 Å². The Balaban J connectivity index is 2.65. The molecule has 1 aromatic carbocycles. The van der Waals surface area contributed by atoms with Crippen LogP contribution in [0.5, 0.6) is 5.75 Å². The SMILES string of the molecule is CNC(=O)C(=O)N/N=C\c1ccc(OCC(N)=O)c(Cl)c1. The van der Waals surface area contributed by atoms with Gasteiger partial charge in [0, 0.05) is 7.05 Å². The van der Waals surface area contributed by atoms with E-state index in [4.69, 9.17) is 22.1 Å². The number of benzene rings is 1. The highest BCUT2D eigenvalue weighted by molar-refractivity contribution is 6.35. The molecule has 0 heterocycles. The molecule has 1 rings (SSSR count). The second kappa shape index (κ2) is 7.85. The summed E-state index contributed by atoms with van der Waals surface area (Å²) in [4.78, 5) is 32.6. The first-order valence-corrected chi connectivity index (χ1v) is 6.07. The number of rotatable bonds is 5. The van der Waals surface area contributed by atoms with Crippen molar-refractivity contribution >= 4 is 35.5 Å². The molecule has 3 amide bonds. The molecule has 0 radical (unpaired) electrons. The molecule has 0 aliphatic rings. The number of nitrogens with one attached hydrogen (secondary N) is 2. The number of hydrogen-bond donors (Lipinski definition) is 3. The van der Waals surface area contributed by atoms with Crippen LogP contribution in [0.4, 0.5) is 0 Å². The maximum Gasteiger partial charge on any atom is 0.329 e. The van der Waals surface area contributed by atoms with E-state index in [0.29, 0.717) is 11.3 Å². The van der Waals surface area contributed by atoms with Crippen LogP contribution in [-0.2, 0) is 14.4 Å². The highest BCUT2D eigenvalue weighted by Crippen LogP contribution is 2.24. The second-order valence-corrected chi connectivity index (χ2v) is 4.13. The highest BCUT2D eigenvalue weighted by Gasteiger charge is 2.09. The minimum atomic E-state index is -0.888. The van der Waals surface area contributed by atoms with Gasteiger partial charge in [-0.15, -0.1) is 0 Å². The summed E-state index contributed by atoms with van der Waals surface area (Å²) in [6.45, 7) is -0.282. The Bertz CT molecular complexity index is 589. The molecule has 0 spiro atoms. The van der Waals surface area contributed by atoms with Gasteiger partial charge in [0.15, 0.2) is 6.61 Å². The van der Waals surface area contributed by atoms with E-state index in [1.807, 2.05) is 5.43 Å². The van der Waals surface area contributed by atoms with Gasteiger partial charge in [-0.2, -0.15) is 5.10 Å². The molecular formula is C12H13ClN4O4. The Morgan fingerprint density at radius 2 is 2.10 bits per heavy atom. The molecule has 112 valence electrons. The first kappa shape index (κ1) is 16.4. The number of primary amides is 1. The fourth-order valence-corrected chi connectivity index (χ4v) is 1.44. The third-order valence-electron chi connectivity index (χ3n) is 2.14.